The molecule has 1 N–H and O–H groups in total. The summed E-state index contributed by atoms with van der Waals surface area (Å²) in [5, 5.41) is 3.37. The van der Waals surface area contributed by atoms with Crippen molar-refractivity contribution in [2.45, 2.75) is 72.0 Å². The predicted octanol–water partition coefficient (Wildman–Crippen LogP) is 7.27. The Hall–Kier alpha value is -2.91. The van der Waals surface area contributed by atoms with Gasteiger partial charge >= 0.3 is 0 Å². The number of nitrogens with one attached hydrogen (secondary N) is 1. The molecule has 0 saturated carbocycles. The van der Waals surface area contributed by atoms with Gasteiger partial charge in [-0.3, -0.25) is 4.79 Å². The first-order valence-electron chi connectivity index (χ1n) is 12.8. The fraction of sp³-hybridized carbons (Fsp3) is 0.387. The third-order valence-corrected chi connectivity index (χ3v) is 7.87. The molecule has 1 heterocycles. The Balaban J connectivity index is 1.80. The molecule has 1 amide bonds. The highest BCUT2D eigenvalue weighted by molar-refractivity contribution is 5.95. The van der Waals surface area contributed by atoms with Crippen LogP contribution in [0.2, 0.25) is 0 Å². The molecule has 4 rings (SSSR count). The summed E-state index contributed by atoms with van der Waals surface area (Å²) < 4.78 is 0.794. The van der Waals surface area contributed by atoms with E-state index in [-0.39, 0.29) is 11.9 Å². The van der Waals surface area contributed by atoms with Crippen LogP contribution in [-0.2, 0) is 11.3 Å². The molecule has 3 atom stereocenters. The van der Waals surface area contributed by atoms with Gasteiger partial charge in [-0.05, 0) is 50.3 Å². The second-order valence-corrected chi connectivity index (χ2v) is 10.0. The van der Waals surface area contributed by atoms with Crippen LogP contribution in [0.4, 0.5) is 5.69 Å². The SMILES string of the molecule is CCC(C(=O)Nc1c(C)cccc1C)[N+]1(Cc2ccccc2C)CCCCC1c1ccccc1. The Morgan fingerprint density at radius 2 is 1.53 bits per heavy atom. The number of hydrogen-bond donors (Lipinski definition) is 1. The molecule has 178 valence electrons. The molecule has 1 fully saturated rings. The normalized spacial score (nSPS) is 21.1. The van der Waals surface area contributed by atoms with Gasteiger partial charge in [0.05, 0.1) is 6.54 Å². The molecule has 1 aliphatic rings. The van der Waals surface area contributed by atoms with Crippen LogP contribution in [0.1, 0.15) is 66.5 Å². The summed E-state index contributed by atoms with van der Waals surface area (Å²) in [6.45, 7) is 10.4. The molecule has 3 aromatic carbocycles. The van der Waals surface area contributed by atoms with Crippen LogP contribution in [0, 0.1) is 20.8 Å². The Morgan fingerprint density at radius 3 is 2.21 bits per heavy atom. The van der Waals surface area contributed by atoms with E-state index in [1.807, 2.05) is 0 Å². The molecule has 0 radical (unpaired) electrons. The van der Waals surface area contributed by atoms with E-state index in [0.717, 1.165) is 53.6 Å². The van der Waals surface area contributed by atoms with Gasteiger partial charge in [-0.2, -0.15) is 0 Å². The largest absolute Gasteiger partial charge is 0.320 e. The van der Waals surface area contributed by atoms with Crippen molar-refractivity contribution in [1.29, 1.82) is 0 Å². The number of likely N-dealkylation sites (tertiary alicyclic amines) is 1. The van der Waals surface area contributed by atoms with Crippen molar-refractivity contribution in [2.24, 2.45) is 0 Å². The van der Waals surface area contributed by atoms with E-state index < -0.39 is 0 Å². The summed E-state index contributed by atoms with van der Waals surface area (Å²) in [7, 11) is 0. The van der Waals surface area contributed by atoms with Crippen LogP contribution in [-0.4, -0.2) is 23.0 Å². The molecule has 1 aliphatic heterocycles. The number of hydrogen-bond acceptors (Lipinski definition) is 1. The van der Waals surface area contributed by atoms with Crippen molar-refractivity contribution < 1.29 is 9.28 Å². The van der Waals surface area contributed by atoms with Gasteiger partial charge in [0, 0.05) is 29.7 Å². The first kappa shape index (κ1) is 24.2. The van der Waals surface area contributed by atoms with E-state index in [1.165, 1.54) is 23.1 Å². The molecule has 1 saturated heterocycles. The summed E-state index contributed by atoms with van der Waals surface area (Å²) in [6.07, 6.45) is 4.29. The van der Waals surface area contributed by atoms with Crippen LogP contribution in [0.15, 0.2) is 72.8 Å². The summed E-state index contributed by atoms with van der Waals surface area (Å²) in [4.78, 5) is 14.1. The molecular weight excluding hydrogens is 416 g/mol. The number of piperidine rings is 1. The maximum Gasteiger partial charge on any atom is 0.282 e. The second kappa shape index (κ2) is 10.6. The highest BCUT2D eigenvalue weighted by Gasteiger charge is 2.49. The number of rotatable bonds is 7. The number of para-hydroxylation sites is 1. The van der Waals surface area contributed by atoms with Gasteiger partial charge in [-0.15, -0.1) is 0 Å². The smallest absolute Gasteiger partial charge is 0.282 e. The molecule has 34 heavy (non-hydrogen) atoms. The van der Waals surface area contributed by atoms with Gasteiger partial charge in [0.2, 0.25) is 0 Å². The minimum atomic E-state index is -0.121. The van der Waals surface area contributed by atoms with Crippen molar-refractivity contribution in [1.82, 2.24) is 0 Å². The number of quaternary nitrogens is 1. The maximum absolute atomic E-state index is 14.1. The monoisotopic (exact) mass is 455 g/mol. The van der Waals surface area contributed by atoms with Crippen LogP contribution in [0.3, 0.4) is 0 Å². The molecule has 3 heteroatoms. The lowest BCUT2D eigenvalue weighted by Gasteiger charge is -2.52. The summed E-state index contributed by atoms with van der Waals surface area (Å²) in [5.74, 6) is 0.149. The lowest BCUT2D eigenvalue weighted by molar-refractivity contribution is -0.987. The van der Waals surface area contributed by atoms with Crippen molar-refractivity contribution in [3.8, 4) is 0 Å². The molecule has 3 aromatic rings. The van der Waals surface area contributed by atoms with E-state index >= 15 is 0 Å². The molecular formula is C31H39N2O+. The lowest BCUT2D eigenvalue weighted by atomic mass is 9.87. The first-order valence-corrected chi connectivity index (χ1v) is 12.8. The van der Waals surface area contributed by atoms with Crippen LogP contribution >= 0.6 is 0 Å². The zero-order valence-corrected chi connectivity index (χ0v) is 21.2. The highest BCUT2D eigenvalue weighted by Crippen LogP contribution is 2.43. The third kappa shape index (κ3) is 4.81. The zero-order chi connectivity index (χ0) is 24.1. The Labute approximate surface area is 205 Å². The van der Waals surface area contributed by atoms with Gasteiger partial charge in [0.1, 0.15) is 12.6 Å². The minimum absolute atomic E-state index is 0.121. The fourth-order valence-corrected chi connectivity index (χ4v) is 6.07. The van der Waals surface area contributed by atoms with Gasteiger partial charge < -0.3 is 9.80 Å². The van der Waals surface area contributed by atoms with Crippen LogP contribution in [0.5, 0.6) is 0 Å². The van der Waals surface area contributed by atoms with E-state index in [1.54, 1.807) is 0 Å². The number of aryl methyl sites for hydroxylation is 3. The molecule has 0 aliphatic carbocycles. The Bertz CT molecular complexity index is 1100. The second-order valence-electron chi connectivity index (χ2n) is 10.0. The van der Waals surface area contributed by atoms with Crippen LogP contribution < -0.4 is 5.32 Å². The number of carbonyl (C=O) groups excluding carboxylic acids is 1. The quantitative estimate of drug-likeness (QED) is 0.373. The Kier molecular flexibility index (Phi) is 7.53. The number of anilines is 1. The number of amides is 1. The average Bonchev–Trinajstić information content (AvgIpc) is 2.84. The molecule has 3 nitrogen and oxygen atoms in total. The van der Waals surface area contributed by atoms with E-state index in [0.29, 0.717) is 6.04 Å². The Morgan fingerprint density at radius 1 is 0.882 bits per heavy atom. The predicted molar refractivity (Wildman–Crippen MR) is 142 cm³/mol. The molecule has 0 aromatic heterocycles. The third-order valence-electron chi connectivity index (χ3n) is 7.87. The van der Waals surface area contributed by atoms with E-state index in [2.05, 4.69) is 106 Å². The van der Waals surface area contributed by atoms with Crippen molar-refractivity contribution in [3.05, 3.63) is 101 Å². The van der Waals surface area contributed by atoms with Gasteiger partial charge in [0.15, 0.2) is 6.04 Å². The highest BCUT2D eigenvalue weighted by atomic mass is 16.2. The van der Waals surface area contributed by atoms with Crippen molar-refractivity contribution in [2.75, 3.05) is 11.9 Å². The summed E-state index contributed by atoms with van der Waals surface area (Å²) in [5.41, 5.74) is 7.22. The number of benzene rings is 3. The summed E-state index contributed by atoms with van der Waals surface area (Å²) >= 11 is 0. The zero-order valence-electron chi connectivity index (χ0n) is 21.2. The van der Waals surface area contributed by atoms with Crippen molar-refractivity contribution in [3.63, 3.8) is 0 Å². The van der Waals surface area contributed by atoms with Gasteiger partial charge in [-0.25, -0.2) is 0 Å². The first-order chi connectivity index (χ1) is 16.5. The molecule has 0 bridgehead atoms. The number of nitrogens with zero attached hydrogens (tertiary/aromatic N) is 1. The van der Waals surface area contributed by atoms with E-state index in [9.17, 15) is 4.79 Å². The standard InChI is InChI=1S/C31H38N2O/c1-5-28(31(34)32-30-24(3)15-13-16-25(30)4)33(22-27-19-10-9-14-23(27)2)21-12-11-20-29(33)26-17-7-6-8-18-26/h6-10,13-19,28-29H,5,11-12,20-22H2,1-4H3/p+1. The minimum Gasteiger partial charge on any atom is -0.320 e. The molecule has 3 unspecified atom stereocenters. The van der Waals surface area contributed by atoms with E-state index in [4.69, 9.17) is 0 Å². The van der Waals surface area contributed by atoms with Crippen molar-refractivity contribution >= 4 is 11.6 Å². The maximum atomic E-state index is 14.1. The average molecular weight is 456 g/mol. The number of carbonyl (C=O) groups is 1. The van der Waals surface area contributed by atoms with Gasteiger partial charge in [-0.1, -0.05) is 79.7 Å². The lowest BCUT2D eigenvalue weighted by Crippen LogP contribution is -2.62. The summed E-state index contributed by atoms with van der Waals surface area (Å²) in [6, 6.07) is 26.0. The topological polar surface area (TPSA) is 29.1 Å². The van der Waals surface area contributed by atoms with Gasteiger partial charge in [0.25, 0.3) is 5.91 Å². The fourth-order valence-electron chi connectivity index (χ4n) is 6.07. The van der Waals surface area contributed by atoms with Crippen LogP contribution in [0.25, 0.3) is 0 Å². The molecule has 0 spiro atoms.